The summed E-state index contributed by atoms with van der Waals surface area (Å²) in [6, 6.07) is 4.09. The van der Waals surface area contributed by atoms with Gasteiger partial charge in [-0.25, -0.2) is 0 Å². The Morgan fingerprint density at radius 2 is 2.05 bits per heavy atom. The van der Waals surface area contributed by atoms with E-state index >= 15 is 0 Å². The van der Waals surface area contributed by atoms with Crippen molar-refractivity contribution in [2.45, 2.75) is 25.6 Å². The van der Waals surface area contributed by atoms with Crippen LogP contribution in [0, 0.1) is 0 Å². The molecule has 1 unspecified atom stereocenters. The van der Waals surface area contributed by atoms with Crippen LogP contribution in [0.4, 0.5) is 24.5 Å². The van der Waals surface area contributed by atoms with E-state index in [4.69, 9.17) is 5.73 Å². The van der Waals surface area contributed by atoms with E-state index in [1.807, 2.05) is 6.92 Å². The summed E-state index contributed by atoms with van der Waals surface area (Å²) in [5, 5.41) is 0. The molecule has 0 spiro atoms. The second-order valence-electron chi connectivity index (χ2n) is 5.15. The van der Waals surface area contributed by atoms with Gasteiger partial charge in [0.05, 0.1) is 5.69 Å². The molecule has 7 heteroatoms. The molecule has 1 aromatic rings. The van der Waals surface area contributed by atoms with Crippen molar-refractivity contribution in [3.8, 4) is 0 Å². The average Bonchev–Trinajstić information content (AvgIpc) is 2.62. The molecule has 0 fully saturated rings. The van der Waals surface area contributed by atoms with E-state index in [0.29, 0.717) is 29.9 Å². The van der Waals surface area contributed by atoms with Crippen LogP contribution in [-0.2, 0) is 4.79 Å². The molecule has 116 valence electrons. The molecule has 0 aliphatic carbocycles. The van der Waals surface area contributed by atoms with Crippen LogP contribution in [0.1, 0.15) is 24.9 Å². The molecule has 0 saturated heterocycles. The highest BCUT2D eigenvalue weighted by molar-refractivity contribution is 6.04. The van der Waals surface area contributed by atoms with Gasteiger partial charge in [-0.05, 0) is 18.6 Å². The SMILES string of the molecule is CCCN(CC(F)(F)F)c1ccc2c(c1)N(C)C(=O)C2N. The molecule has 1 heterocycles. The Kier molecular flexibility index (Phi) is 4.13. The number of fused-ring (bicyclic) bond motifs is 1. The van der Waals surface area contributed by atoms with Gasteiger partial charge in [-0.1, -0.05) is 13.0 Å². The van der Waals surface area contributed by atoms with Crippen LogP contribution in [0.5, 0.6) is 0 Å². The Morgan fingerprint density at radius 3 is 2.62 bits per heavy atom. The Hall–Kier alpha value is -1.76. The van der Waals surface area contributed by atoms with Crippen molar-refractivity contribution in [3.05, 3.63) is 23.8 Å². The minimum absolute atomic E-state index is 0.250. The maximum absolute atomic E-state index is 12.7. The van der Waals surface area contributed by atoms with Gasteiger partial charge in [-0.3, -0.25) is 4.79 Å². The summed E-state index contributed by atoms with van der Waals surface area (Å²) in [5.41, 5.74) is 7.45. The number of carbonyl (C=O) groups excluding carboxylic acids is 1. The third-order valence-corrected chi connectivity index (χ3v) is 3.54. The molecular formula is C14H18F3N3O. The Labute approximate surface area is 121 Å². The van der Waals surface area contributed by atoms with Gasteiger partial charge < -0.3 is 15.5 Å². The summed E-state index contributed by atoms with van der Waals surface area (Å²) in [5.74, 6) is -0.250. The molecule has 1 amide bonds. The van der Waals surface area contributed by atoms with E-state index in [0.717, 1.165) is 0 Å². The molecule has 21 heavy (non-hydrogen) atoms. The van der Waals surface area contributed by atoms with Crippen LogP contribution < -0.4 is 15.5 Å². The van der Waals surface area contributed by atoms with Crippen molar-refractivity contribution in [1.29, 1.82) is 0 Å². The van der Waals surface area contributed by atoms with Crippen LogP contribution in [0.25, 0.3) is 0 Å². The van der Waals surface area contributed by atoms with Crippen molar-refractivity contribution >= 4 is 17.3 Å². The molecule has 1 aliphatic heterocycles. The van der Waals surface area contributed by atoms with Gasteiger partial charge in [0, 0.05) is 24.8 Å². The summed E-state index contributed by atoms with van der Waals surface area (Å²) >= 11 is 0. The number of likely N-dealkylation sites (N-methyl/N-ethyl adjacent to an activating group) is 1. The first-order valence-electron chi connectivity index (χ1n) is 6.73. The quantitative estimate of drug-likeness (QED) is 0.929. The lowest BCUT2D eigenvalue weighted by molar-refractivity contribution is -0.120. The summed E-state index contributed by atoms with van der Waals surface area (Å²) in [4.78, 5) is 14.5. The number of anilines is 2. The standard InChI is InChI=1S/C14H18F3N3O/c1-3-6-20(8-14(15,16)17)9-4-5-10-11(7-9)19(2)13(21)12(10)18/h4-5,7,12H,3,6,8,18H2,1-2H3. The molecule has 1 atom stereocenters. The van der Waals surface area contributed by atoms with Gasteiger partial charge in [0.15, 0.2) is 0 Å². The molecule has 0 radical (unpaired) electrons. The molecule has 1 aromatic carbocycles. The lowest BCUT2D eigenvalue weighted by atomic mass is 10.1. The third kappa shape index (κ3) is 3.12. The number of hydrogen-bond acceptors (Lipinski definition) is 3. The molecular weight excluding hydrogens is 283 g/mol. The molecule has 2 rings (SSSR count). The Balaban J connectivity index is 2.34. The van der Waals surface area contributed by atoms with Crippen molar-refractivity contribution in [3.63, 3.8) is 0 Å². The van der Waals surface area contributed by atoms with Crippen LogP contribution in [-0.4, -0.2) is 32.2 Å². The van der Waals surface area contributed by atoms with E-state index in [-0.39, 0.29) is 5.91 Å². The number of alkyl halides is 3. The zero-order valence-corrected chi connectivity index (χ0v) is 11.9. The fourth-order valence-corrected chi connectivity index (χ4v) is 2.53. The lowest BCUT2D eigenvalue weighted by Gasteiger charge is -2.26. The summed E-state index contributed by atoms with van der Waals surface area (Å²) in [6.45, 7) is 1.10. The lowest BCUT2D eigenvalue weighted by Crippen LogP contribution is -2.34. The Bertz CT molecular complexity index is 545. The monoisotopic (exact) mass is 301 g/mol. The van der Waals surface area contributed by atoms with E-state index in [9.17, 15) is 18.0 Å². The van der Waals surface area contributed by atoms with Gasteiger partial charge in [-0.2, -0.15) is 13.2 Å². The average molecular weight is 301 g/mol. The molecule has 4 nitrogen and oxygen atoms in total. The number of amides is 1. The predicted molar refractivity (Wildman–Crippen MR) is 75.3 cm³/mol. The van der Waals surface area contributed by atoms with Crippen molar-refractivity contribution in [2.24, 2.45) is 5.73 Å². The first-order valence-corrected chi connectivity index (χ1v) is 6.73. The largest absolute Gasteiger partial charge is 0.405 e. The number of benzene rings is 1. The number of nitrogens with two attached hydrogens (primary N) is 1. The number of nitrogens with zero attached hydrogens (tertiary/aromatic N) is 2. The van der Waals surface area contributed by atoms with Crippen LogP contribution in [0.3, 0.4) is 0 Å². The maximum Gasteiger partial charge on any atom is 0.405 e. The van der Waals surface area contributed by atoms with Crippen LogP contribution in [0.15, 0.2) is 18.2 Å². The fourth-order valence-electron chi connectivity index (χ4n) is 2.53. The van der Waals surface area contributed by atoms with Gasteiger partial charge in [0.25, 0.3) is 0 Å². The number of hydrogen-bond donors (Lipinski definition) is 1. The summed E-state index contributed by atoms with van der Waals surface area (Å²) in [7, 11) is 1.58. The molecule has 1 aliphatic rings. The number of carbonyl (C=O) groups is 1. The van der Waals surface area contributed by atoms with Gasteiger partial charge in [-0.15, -0.1) is 0 Å². The van der Waals surface area contributed by atoms with Gasteiger partial charge in [0.1, 0.15) is 12.6 Å². The zero-order valence-electron chi connectivity index (χ0n) is 11.9. The second-order valence-corrected chi connectivity index (χ2v) is 5.15. The van der Waals surface area contributed by atoms with Crippen molar-refractivity contribution in [2.75, 3.05) is 29.9 Å². The highest BCUT2D eigenvalue weighted by Gasteiger charge is 2.34. The van der Waals surface area contributed by atoms with Crippen LogP contribution >= 0.6 is 0 Å². The van der Waals surface area contributed by atoms with Gasteiger partial charge >= 0.3 is 6.18 Å². The normalized spacial score (nSPS) is 18.1. The smallest absolute Gasteiger partial charge is 0.363 e. The predicted octanol–water partition coefficient (Wildman–Crippen LogP) is 2.44. The van der Waals surface area contributed by atoms with E-state index in [2.05, 4.69) is 0 Å². The zero-order chi connectivity index (χ0) is 15.8. The van der Waals surface area contributed by atoms with Gasteiger partial charge in [0.2, 0.25) is 5.91 Å². The molecule has 0 bridgehead atoms. The second kappa shape index (κ2) is 5.55. The summed E-state index contributed by atoms with van der Waals surface area (Å²) in [6.07, 6.45) is -3.67. The molecule has 0 aromatic heterocycles. The molecule has 0 saturated carbocycles. The van der Waals surface area contributed by atoms with E-state index in [1.54, 1.807) is 25.2 Å². The number of rotatable bonds is 4. The fraction of sp³-hybridized carbons (Fsp3) is 0.500. The van der Waals surface area contributed by atoms with Crippen molar-refractivity contribution < 1.29 is 18.0 Å². The van der Waals surface area contributed by atoms with Crippen LogP contribution in [0.2, 0.25) is 0 Å². The third-order valence-electron chi connectivity index (χ3n) is 3.54. The first kappa shape index (κ1) is 15.6. The van der Waals surface area contributed by atoms with E-state index < -0.39 is 18.8 Å². The maximum atomic E-state index is 12.7. The van der Waals surface area contributed by atoms with Crippen molar-refractivity contribution in [1.82, 2.24) is 0 Å². The highest BCUT2D eigenvalue weighted by atomic mass is 19.4. The number of halogens is 3. The highest BCUT2D eigenvalue weighted by Crippen LogP contribution is 2.36. The molecule has 2 N–H and O–H groups in total. The minimum Gasteiger partial charge on any atom is -0.363 e. The Morgan fingerprint density at radius 1 is 1.38 bits per heavy atom. The first-order chi connectivity index (χ1) is 9.74. The topological polar surface area (TPSA) is 49.6 Å². The minimum atomic E-state index is -4.27. The summed E-state index contributed by atoms with van der Waals surface area (Å²) < 4.78 is 38.0. The van der Waals surface area contributed by atoms with E-state index in [1.165, 1.54) is 9.80 Å².